The predicted molar refractivity (Wildman–Crippen MR) is 60.4 cm³/mol. The molecule has 0 unspecified atom stereocenters. The van der Waals surface area contributed by atoms with Gasteiger partial charge >= 0.3 is 5.97 Å². The van der Waals surface area contributed by atoms with Crippen LogP contribution in [0.1, 0.15) is 22.2 Å². The van der Waals surface area contributed by atoms with Crippen molar-refractivity contribution in [3.63, 3.8) is 0 Å². The number of carbonyl (C=O) groups is 1. The molecule has 3 aromatic heterocycles. The molecule has 8 nitrogen and oxygen atoms in total. The van der Waals surface area contributed by atoms with E-state index < -0.39 is 5.97 Å². The first-order valence-corrected chi connectivity index (χ1v) is 5.35. The third-order valence-electron chi connectivity index (χ3n) is 2.44. The summed E-state index contributed by atoms with van der Waals surface area (Å²) in [6.45, 7) is 0. The summed E-state index contributed by atoms with van der Waals surface area (Å²) in [7, 11) is 0. The van der Waals surface area contributed by atoms with Crippen LogP contribution in [0, 0.1) is 0 Å². The van der Waals surface area contributed by atoms with Gasteiger partial charge in [0.1, 0.15) is 11.5 Å². The molecule has 8 heteroatoms. The molecule has 0 radical (unpaired) electrons. The number of aromatic carboxylic acids is 1. The Balaban J connectivity index is 1.78. The van der Waals surface area contributed by atoms with Crippen LogP contribution in [0.4, 0.5) is 0 Å². The molecule has 0 aliphatic rings. The van der Waals surface area contributed by atoms with Crippen LogP contribution in [0.2, 0.25) is 0 Å². The van der Waals surface area contributed by atoms with Gasteiger partial charge in [0.05, 0.1) is 18.8 Å². The molecular weight excluding hydrogens is 252 g/mol. The SMILES string of the molecule is O=C(O)c1cnc(Cc2cc(-c3cn[nH]c3)no2)o1. The van der Waals surface area contributed by atoms with Crippen LogP contribution in [0.25, 0.3) is 11.3 Å². The summed E-state index contributed by atoms with van der Waals surface area (Å²) in [5.74, 6) is -0.581. The fraction of sp³-hybridized carbons (Fsp3) is 0.0909. The molecule has 0 amide bonds. The fourth-order valence-corrected chi connectivity index (χ4v) is 1.56. The summed E-state index contributed by atoms with van der Waals surface area (Å²) in [6, 6.07) is 1.72. The molecule has 0 aliphatic carbocycles. The molecule has 0 saturated carbocycles. The summed E-state index contributed by atoms with van der Waals surface area (Å²) in [5, 5.41) is 19.1. The molecule has 0 fully saturated rings. The van der Waals surface area contributed by atoms with Crippen molar-refractivity contribution in [2.24, 2.45) is 0 Å². The van der Waals surface area contributed by atoms with E-state index in [-0.39, 0.29) is 18.1 Å². The van der Waals surface area contributed by atoms with E-state index in [1.807, 2.05) is 0 Å². The lowest BCUT2D eigenvalue weighted by molar-refractivity contribution is 0.0660. The number of carboxylic acid groups (broad SMARTS) is 1. The molecule has 0 spiro atoms. The summed E-state index contributed by atoms with van der Waals surface area (Å²) in [4.78, 5) is 14.5. The first-order chi connectivity index (χ1) is 9.22. The van der Waals surface area contributed by atoms with Gasteiger partial charge in [-0.3, -0.25) is 5.10 Å². The Morgan fingerprint density at radius 1 is 1.42 bits per heavy atom. The molecule has 0 aromatic carbocycles. The summed E-state index contributed by atoms with van der Waals surface area (Å²) in [6.07, 6.45) is 4.70. The maximum absolute atomic E-state index is 10.6. The molecule has 96 valence electrons. The van der Waals surface area contributed by atoms with E-state index in [9.17, 15) is 4.79 Å². The van der Waals surface area contributed by atoms with Crippen molar-refractivity contribution in [2.75, 3.05) is 0 Å². The normalized spacial score (nSPS) is 10.7. The second-order valence-electron chi connectivity index (χ2n) is 3.77. The molecule has 3 rings (SSSR count). The number of nitrogens with zero attached hydrogens (tertiary/aromatic N) is 3. The van der Waals surface area contributed by atoms with Gasteiger partial charge < -0.3 is 14.0 Å². The number of hydrogen-bond donors (Lipinski definition) is 2. The molecule has 2 N–H and O–H groups in total. The van der Waals surface area contributed by atoms with E-state index in [0.717, 1.165) is 11.8 Å². The number of aromatic amines is 1. The Labute approximate surface area is 106 Å². The molecular formula is C11H8N4O4. The Kier molecular flexibility index (Phi) is 2.60. The van der Waals surface area contributed by atoms with Gasteiger partial charge in [0.25, 0.3) is 0 Å². The number of aromatic nitrogens is 4. The highest BCUT2D eigenvalue weighted by Gasteiger charge is 2.14. The second-order valence-corrected chi connectivity index (χ2v) is 3.77. The zero-order chi connectivity index (χ0) is 13.2. The van der Waals surface area contributed by atoms with Crippen LogP contribution in [0.3, 0.4) is 0 Å². The lowest BCUT2D eigenvalue weighted by Gasteiger charge is -1.88. The van der Waals surface area contributed by atoms with Crippen molar-refractivity contribution in [1.82, 2.24) is 20.3 Å². The zero-order valence-electron chi connectivity index (χ0n) is 9.53. The van der Waals surface area contributed by atoms with Gasteiger partial charge in [-0.05, 0) is 0 Å². The highest BCUT2D eigenvalue weighted by atomic mass is 16.5. The molecule has 0 aliphatic heterocycles. The van der Waals surface area contributed by atoms with Crippen LogP contribution in [-0.4, -0.2) is 31.4 Å². The predicted octanol–water partition coefficient (Wildman–Crippen LogP) is 1.34. The monoisotopic (exact) mass is 260 g/mol. The van der Waals surface area contributed by atoms with Gasteiger partial charge in [0, 0.05) is 17.8 Å². The minimum Gasteiger partial charge on any atom is -0.475 e. The van der Waals surface area contributed by atoms with Crippen LogP contribution >= 0.6 is 0 Å². The van der Waals surface area contributed by atoms with Gasteiger partial charge in [-0.25, -0.2) is 9.78 Å². The highest BCUT2D eigenvalue weighted by Crippen LogP contribution is 2.19. The number of oxazole rings is 1. The molecule has 3 aromatic rings. The zero-order valence-corrected chi connectivity index (χ0v) is 9.53. The van der Waals surface area contributed by atoms with E-state index in [4.69, 9.17) is 14.0 Å². The lowest BCUT2D eigenvalue weighted by Crippen LogP contribution is -1.92. The first kappa shape index (κ1) is 11.2. The van der Waals surface area contributed by atoms with E-state index in [1.165, 1.54) is 0 Å². The van der Waals surface area contributed by atoms with Crippen molar-refractivity contribution in [2.45, 2.75) is 6.42 Å². The van der Waals surface area contributed by atoms with Gasteiger partial charge in [-0.15, -0.1) is 0 Å². The van der Waals surface area contributed by atoms with E-state index in [0.29, 0.717) is 11.5 Å². The molecule has 0 saturated heterocycles. The number of rotatable bonds is 4. The van der Waals surface area contributed by atoms with E-state index >= 15 is 0 Å². The average molecular weight is 260 g/mol. The first-order valence-electron chi connectivity index (χ1n) is 5.35. The van der Waals surface area contributed by atoms with Crippen molar-refractivity contribution in [1.29, 1.82) is 0 Å². The van der Waals surface area contributed by atoms with Gasteiger partial charge in [-0.2, -0.15) is 5.10 Å². The Morgan fingerprint density at radius 2 is 2.32 bits per heavy atom. The Bertz CT molecular complexity index is 698. The van der Waals surface area contributed by atoms with Crippen LogP contribution < -0.4 is 0 Å². The number of hydrogen-bond acceptors (Lipinski definition) is 6. The Morgan fingerprint density at radius 3 is 3.00 bits per heavy atom. The minimum absolute atomic E-state index is 0.204. The standard InChI is InChI=1S/C11H8N4O4/c16-11(17)9-5-12-10(18-9)2-7-1-8(15-19-7)6-3-13-14-4-6/h1,3-5H,2H2,(H,13,14)(H,16,17). The smallest absolute Gasteiger partial charge is 0.373 e. The molecule has 3 heterocycles. The quantitative estimate of drug-likeness (QED) is 0.726. The van der Waals surface area contributed by atoms with E-state index in [2.05, 4.69) is 20.3 Å². The van der Waals surface area contributed by atoms with Gasteiger partial charge in [0.15, 0.2) is 0 Å². The van der Waals surface area contributed by atoms with Crippen LogP contribution in [-0.2, 0) is 6.42 Å². The summed E-state index contributed by atoms with van der Waals surface area (Å²) in [5.41, 5.74) is 1.43. The molecule has 0 atom stereocenters. The maximum Gasteiger partial charge on any atom is 0.373 e. The Hall–Kier alpha value is -2.90. The molecule has 19 heavy (non-hydrogen) atoms. The van der Waals surface area contributed by atoms with Gasteiger partial charge in [-0.1, -0.05) is 5.16 Å². The van der Waals surface area contributed by atoms with Crippen molar-refractivity contribution in [3.05, 3.63) is 42.1 Å². The van der Waals surface area contributed by atoms with Crippen LogP contribution in [0.5, 0.6) is 0 Å². The third-order valence-corrected chi connectivity index (χ3v) is 2.44. The maximum atomic E-state index is 10.6. The van der Waals surface area contributed by atoms with Crippen molar-refractivity contribution < 1.29 is 18.8 Å². The largest absolute Gasteiger partial charge is 0.475 e. The topological polar surface area (TPSA) is 118 Å². The third kappa shape index (κ3) is 2.23. The summed E-state index contributed by atoms with van der Waals surface area (Å²) >= 11 is 0. The summed E-state index contributed by atoms with van der Waals surface area (Å²) < 4.78 is 10.2. The highest BCUT2D eigenvalue weighted by molar-refractivity contribution is 5.83. The number of nitrogens with one attached hydrogen (secondary N) is 1. The van der Waals surface area contributed by atoms with Crippen molar-refractivity contribution in [3.8, 4) is 11.3 Å². The minimum atomic E-state index is -1.16. The van der Waals surface area contributed by atoms with Crippen LogP contribution in [0.15, 0.2) is 33.6 Å². The lowest BCUT2D eigenvalue weighted by atomic mass is 10.2. The number of H-pyrrole nitrogens is 1. The van der Waals surface area contributed by atoms with Crippen molar-refractivity contribution >= 4 is 5.97 Å². The average Bonchev–Trinajstić information content (AvgIpc) is 3.09. The van der Waals surface area contributed by atoms with Gasteiger partial charge in [0.2, 0.25) is 11.7 Å². The number of carboxylic acids is 1. The molecule has 0 bridgehead atoms. The van der Waals surface area contributed by atoms with E-state index in [1.54, 1.807) is 18.5 Å². The second kappa shape index (κ2) is 4.41. The fourth-order valence-electron chi connectivity index (χ4n) is 1.56.